The smallest absolute Gasteiger partial charge is 0.249 e. The highest BCUT2D eigenvalue weighted by Gasteiger charge is 2.19. The summed E-state index contributed by atoms with van der Waals surface area (Å²) in [4.78, 5) is 13.8. The molecular weight excluding hydrogens is 262 g/mol. The molecule has 0 saturated heterocycles. The van der Waals surface area contributed by atoms with E-state index in [1.54, 1.807) is 6.07 Å². The minimum absolute atomic E-state index is 0.373. The van der Waals surface area contributed by atoms with Crippen molar-refractivity contribution in [1.82, 2.24) is 4.90 Å². The third kappa shape index (κ3) is 2.76. The van der Waals surface area contributed by atoms with Crippen LogP contribution in [0.2, 0.25) is 0 Å². The number of primary amides is 1. The van der Waals surface area contributed by atoms with E-state index in [4.69, 9.17) is 11.5 Å². The number of amides is 1. The molecule has 3 rings (SSSR count). The number of benzene rings is 2. The van der Waals surface area contributed by atoms with Crippen molar-refractivity contribution < 1.29 is 4.79 Å². The van der Waals surface area contributed by atoms with Crippen LogP contribution in [0, 0.1) is 0 Å². The second-order valence-corrected chi connectivity index (χ2v) is 5.47. The average Bonchev–Trinajstić information content (AvgIpc) is 2.48. The van der Waals surface area contributed by atoms with Gasteiger partial charge in [-0.3, -0.25) is 9.69 Å². The third-order valence-corrected chi connectivity index (χ3v) is 4.07. The highest BCUT2D eigenvalue weighted by atomic mass is 16.1. The molecule has 1 amide bonds. The Morgan fingerprint density at radius 3 is 2.76 bits per heavy atom. The number of carbonyl (C=O) groups excluding carboxylic acids is 1. The number of hydrogen-bond donors (Lipinski definition) is 2. The van der Waals surface area contributed by atoms with Gasteiger partial charge in [0, 0.05) is 30.9 Å². The lowest BCUT2D eigenvalue weighted by Crippen LogP contribution is -2.31. The van der Waals surface area contributed by atoms with Gasteiger partial charge in [0.05, 0.1) is 0 Å². The lowest BCUT2D eigenvalue weighted by atomic mass is 9.97. The zero-order chi connectivity index (χ0) is 14.8. The van der Waals surface area contributed by atoms with Gasteiger partial charge in [0.15, 0.2) is 0 Å². The molecule has 108 valence electrons. The number of hydrogen-bond acceptors (Lipinski definition) is 3. The number of nitrogens with two attached hydrogens (primary N) is 2. The van der Waals surface area contributed by atoms with Gasteiger partial charge in [-0.15, -0.1) is 0 Å². The summed E-state index contributed by atoms with van der Waals surface area (Å²) in [7, 11) is 0. The average molecular weight is 281 g/mol. The van der Waals surface area contributed by atoms with Crippen molar-refractivity contribution in [2.24, 2.45) is 5.73 Å². The molecule has 1 aliphatic heterocycles. The molecule has 1 aliphatic rings. The fourth-order valence-corrected chi connectivity index (χ4v) is 2.94. The van der Waals surface area contributed by atoms with Crippen LogP contribution in [0.5, 0.6) is 0 Å². The lowest BCUT2D eigenvalue weighted by molar-refractivity contribution is 0.0998. The Bertz CT molecular complexity index is 681. The van der Waals surface area contributed by atoms with Crippen molar-refractivity contribution in [3.63, 3.8) is 0 Å². The molecule has 0 atom stereocenters. The number of nitrogen functional groups attached to an aromatic ring is 1. The molecule has 0 bridgehead atoms. The van der Waals surface area contributed by atoms with Gasteiger partial charge < -0.3 is 11.5 Å². The molecule has 4 nitrogen and oxygen atoms in total. The summed E-state index contributed by atoms with van der Waals surface area (Å²) < 4.78 is 0. The first-order valence-corrected chi connectivity index (χ1v) is 7.11. The molecule has 2 aromatic rings. The minimum atomic E-state index is -0.373. The first-order valence-electron chi connectivity index (χ1n) is 7.11. The molecule has 4 heteroatoms. The van der Waals surface area contributed by atoms with Crippen LogP contribution in [0.1, 0.15) is 27.0 Å². The number of carbonyl (C=O) groups is 1. The molecule has 0 aromatic heterocycles. The van der Waals surface area contributed by atoms with Crippen LogP contribution in [0.4, 0.5) is 5.69 Å². The Labute approximate surface area is 124 Å². The molecule has 0 unspecified atom stereocenters. The van der Waals surface area contributed by atoms with Gasteiger partial charge in [-0.2, -0.15) is 0 Å². The molecule has 2 aromatic carbocycles. The molecule has 21 heavy (non-hydrogen) atoms. The molecule has 0 fully saturated rings. The Kier molecular flexibility index (Phi) is 3.62. The second kappa shape index (κ2) is 5.58. The number of nitrogens with zero attached hydrogens (tertiary/aromatic N) is 1. The van der Waals surface area contributed by atoms with Crippen molar-refractivity contribution in [2.75, 3.05) is 12.3 Å². The molecule has 0 radical (unpaired) electrons. The molecular formula is C17H19N3O. The van der Waals surface area contributed by atoms with Crippen molar-refractivity contribution in [2.45, 2.75) is 19.5 Å². The Morgan fingerprint density at radius 2 is 1.95 bits per heavy atom. The normalized spacial score (nSPS) is 14.7. The lowest BCUT2D eigenvalue weighted by Gasteiger charge is -2.30. The summed E-state index contributed by atoms with van der Waals surface area (Å²) in [5.41, 5.74) is 16.5. The molecule has 0 aliphatic carbocycles. The van der Waals surface area contributed by atoms with Crippen LogP contribution in [0.3, 0.4) is 0 Å². The predicted octanol–water partition coefficient (Wildman–Crippen LogP) is 1.93. The Hall–Kier alpha value is -2.33. The van der Waals surface area contributed by atoms with Gasteiger partial charge >= 0.3 is 0 Å². The summed E-state index contributed by atoms with van der Waals surface area (Å²) in [6.07, 6.45) is 0.985. The van der Waals surface area contributed by atoms with Crippen molar-refractivity contribution in [1.29, 1.82) is 0 Å². The fourth-order valence-electron chi connectivity index (χ4n) is 2.94. The number of rotatable bonds is 3. The van der Waals surface area contributed by atoms with E-state index in [1.807, 2.05) is 30.3 Å². The minimum Gasteiger partial charge on any atom is -0.398 e. The fraction of sp³-hybridized carbons (Fsp3) is 0.235. The summed E-state index contributed by atoms with van der Waals surface area (Å²) >= 11 is 0. The summed E-state index contributed by atoms with van der Waals surface area (Å²) in [5, 5.41) is 0. The molecule has 4 N–H and O–H groups in total. The SMILES string of the molecule is NC(=O)c1ccccc1CN1CCc2cccc(N)c2C1. The van der Waals surface area contributed by atoms with Crippen molar-refractivity contribution in [3.8, 4) is 0 Å². The Balaban J connectivity index is 1.82. The van der Waals surface area contributed by atoms with Gasteiger partial charge in [0.1, 0.15) is 0 Å². The molecule has 1 heterocycles. The number of anilines is 1. The highest BCUT2D eigenvalue weighted by molar-refractivity contribution is 5.94. The van der Waals surface area contributed by atoms with Crippen molar-refractivity contribution >= 4 is 11.6 Å². The van der Waals surface area contributed by atoms with E-state index in [2.05, 4.69) is 11.0 Å². The summed E-state index contributed by atoms with van der Waals surface area (Å²) in [6.45, 7) is 2.49. The standard InChI is InChI=1S/C17H19N3O/c18-16-7-3-5-12-8-9-20(11-15(12)16)10-13-4-1-2-6-14(13)17(19)21/h1-7H,8-11,18H2,(H2,19,21). The van der Waals surface area contributed by atoms with E-state index < -0.39 is 0 Å². The van der Waals surface area contributed by atoms with Crippen LogP contribution in [0.25, 0.3) is 0 Å². The van der Waals surface area contributed by atoms with Gasteiger partial charge in [0.25, 0.3) is 0 Å². The molecule has 0 saturated carbocycles. The van der Waals surface area contributed by atoms with E-state index in [9.17, 15) is 4.79 Å². The zero-order valence-corrected chi connectivity index (χ0v) is 11.9. The van der Waals surface area contributed by atoms with Gasteiger partial charge in [-0.05, 0) is 35.2 Å². The van der Waals surface area contributed by atoms with Crippen LogP contribution < -0.4 is 11.5 Å². The van der Waals surface area contributed by atoms with Crippen LogP contribution in [-0.2, 0) is 19.5 Å². The second-order valence-electron chi connectivity index (χ2n) is 5.47. The summed E-state index contributed by atoms with van der Waals surface area (Å²) in [5.74, 6) is -0.373. The maximum absolute atomic E-state index is 11.5. The van der Waals surface area contributed by atoms with E-state index in [0.29, 0.717) is 12.1 Å². The van der Waals surface area contributed by atoms with Gasteiger partial charge in [0.2, 0.25) is 5.91 Å². The van der Waals surface area contributed by atoms with Crippen molar-refractivity contribution in [3.05, 3.63) is 64.7 Å². The predicted molar refractivity (Wildman–Crippen MR) is 83.6 cm³/mol. The first kappa shape index (κ1) is 13.6. The van der Waals surface area contributed by atoms with E-state index in [-0.39, 0.29) is 5.91 Å². The van der Waals surface area contributed by atoms with Crippen LogP contribution in [-0.4, -0.2) is 17.4 Å². The first-order chi connectivity index (χ1) is 10.1. The highest BCUT2D eigenvalue weighted by Crippen LogP contribution is 2.25. The third-order valence-electron chi connectivity index (χ3n) is 4.07. The van der Waals surface area contributed by atoms with Crippen LogP contribution in [0.15, 0.2) is 42.5 Å². The Morgan fingerprint density at radius 1 is 1.14 bits per heavy atom. The largest absolute Gasteiger partial charge is 0.398 e. The molecule has 0 spiro atoms. The maximum Gasteiger partial charge on any atom is 0.249 e. The maximum atomic E-state index is 11.5. The van der Waals surface area contributed by atoms with E-state index in [0.717, 1.165) is 30.8 Å². The summed E-state index contributed by atoms with van der Waals surface area (Å²) in [6, 6.07) is 13.6. The van der Waals surface area contributed by atoms with Gasteiger partial charge in [-0.1, -0.05) is 30.3 Å². The zero-order valence-electron chi connectivity index (χ0n) is 11.9. The van der Waals surface area contributed by atoms with E-state index in [1.165, 1.54) is 11.1 Å². The quantitative estimate of drug-likeness (QED) is 0.844. The number of fused-ring (bicyclic) bond motifs is 1. The van der Waals surface area contributed by atoms with Gasteiger partial charge in [-0.25, -0.2) is 0 Å². The monoisotopic (exact) mass is 281 g/mol. The topological polar surface area (TPSA) is 72.4 Å². The van der Waals surface area contributed by atoms with Crippen LogP contribution >= 0.6 is 0 Å². The van der Waals surface area contributed by atoms with E-state index >= 15 is 0 Å².